The fraction of sp³-hybridized carbons (Fsp3) is 0.250. The molecule has 2 aromatic heterocycles. The van der Waals surface area contributed by atoms with Crippen molar-refractivity contribution in [3.05, 3.63) is 47.4 Å². The van der Waals surface area contributed by atoms with Gasteiger partial charge in [0.2, 0.25) is 5.95 Å². The molecule has 0 spiro atoms. The Morgan fingerprint density at radius 1 is 1.25 bits per heavy atom. The van der Waals surface area contributed by atoms with Crippen LogP contribution >= 0.6 is 0 Å². The number of rotatable bonds is 5. The first kappa shape index (κ1) is 15.7. The van der Waals surface area contributed by atoms with Crippen molar-refractivity contribution in [2.24, 2.45) is 0 Å². The lowest BCUT2D eigenvalue weighted by Gasteiger charge is -2.09. The van der Waals surface area contributed by atoms with E-state index in [4.69, 9.17) is 5.73 Å². The van der Waals surface area contributed by atoms with E-state index in [0.717, 1.165) is 17.7 Å². The SMILES string of the molecule is CCc1ccc(-c2cc(C(=O)N[C@H](C)c3nc(N)n[nH]3)[nH]n2)cc1. The molecule has 0 saturated carbocycles. The molecule has 0 saturated heterocycles. The van der Waals surface area contributed by atoms with Crippen LogP contribution in [-0.4, -0.2) is 31.3 Å². The minimum Gasteiger partial charge on any atom is -0.367 e. The Kier molecular flexibility index (Phi) is 4.28. The zero-order valence-electron chi connectivity index (χ0n) is 13.5. The average molecular weight is 325 g/mol. The summed E-state index contributed by atoms with van der Waals surface area (Å²) < 4.78 is 0. The number of aromatic amines is 2. The molecule has 1 atom stereocenters. The third-order valence-electron chi connectivity index (χ3n) is 3.76. The number of carbonyl (C=O) groups is 1. The maximum atomic E-state index is 12.3. The summed E-state index contributed by atoms with van der Waals surface area (Å²) in [6.07, 6.45) is 0.985. The molecule has 0 unspecified atom stereocenters. The minimum atomic E-state index is -0.349. The zero-order valence-corrected chi connectivity index (χ0v) is 13.5. The number of amides is 1. The summed E-state index contributed by atoms with van der Waals surface area (Å²) >= 11 is 0. The van der Waals surface area contributed by atoms with Gasteiger partial charge in [-0.25, -0.2) is 0 Å². The van der Waals surface area contributed by atoms with Gasteiger partial charge in [-0.15, -0.1) is 5.10 Å². The van der Waals surface area contributed by atoms with Crippen LogP contribution in [0.15, 0.2) is 30.3 Å². The van der Waals surface area contributed by atoms with Crippen molar-refractivity contribution in [1.29, 1.82) is 0 Å². The largest absolute Gasteiger partial charge is 0.367 e. The predicted octanol–water partition coefficient (Wildman–Crippen LogP) is 1.83. The van der Waals surface area contributed by atoms with Gasteiger partial charge < -0.3 is 11.1 Å². The van der Waals surface area contributed by atoms with Gasteiger partial charge >= 0.3 is 0 Å². The number of nitrogens with zero attached hydrogens (tertiary/aromatic N) is 3. The number of nitrogen functional groups attached to an aromatic ring is 1. The van der Waals surface area contributed by atoms with Gasteiger partial charge in [-0.05, 0) is 25.0 Å². The van der Waals surface area contributed by atoms with Crippen LogP contribution in [0.1, 0.15) is 41.8 Å². The fourth-order valence-electron chi connectivity index (χ4n) is 2.32. The molecule has 1 amide bonds. The highest BCUT2D eigenvalue weighted by Crippen LogP contribution is 2.19. The Hall–Kier alpha value is -3.16. The molecule has 1 aromatic carbocycles. The first-order valence-electron chi connectivity index (χ1n) is 7.70. The molecule has 0 radical (unpaired) electrons. The van der Waals surface area contributed by atoms with Crippen molar-refractivity contribution in [3.8, 4) is 11.3 Å². The van der Waals surface area contributed by atoms with Gasteiger partial charge in [0.1, 0.15) is 11.5 Å². The topological polar surface area (TPSA) is 125 Å². The van der Waals surface area contributed by atoms with E-state index in [1.54, 1.807) is 13.0 Å². The molecule has 3 rings (SSSR count). The normalized spacial score (nSPS) is 12.1. The first-order valence-corrected chi connectivity index (χ1v) is 7.70. The molecule has 2 heterocycles. The van der Waals surface area contributed by atoms with E-state index in [-0.39, 0.29) is 17.9 Å². The number of H-pyrrole nitrogens is 2. The molecule has 8 nitrogen and oxygen atoms in total. The van der Waals surface area contributed by atoms with E-state index in [1.165, 1.54) is 5.56 Å². The minimum absolute atomic E-state index is 0.144. The molecule has 0 aliphatic carbocycles. The van der Waals surface area contributed by atoms with Gasteiger partial charge in [-0.3, -0.25) is 15.0 Å². The Morgan fingerprint density at radius 3 is 2.62 bits per heavy atom. The number of hydrogen-bond donors (Lipinski definition) is 4. The number of anilines is 1. The van der Waals surface area contributed by atoms with E-state index >= 15 is 0 Å². The summed E-state index contributed by atoms with van der Waals surface area (Å²) in [6.45, 7) is 3.90. The molecule has 24 heavy (non-hydrogen) atoms. The molecule has 0 aliphatic rings. The second kappa shape index (κ2) is 6.53. The Balaban J connectivity index is 1.71. The van der Waals surface area contributed by atoms with Crippen molar-refractivity contribution in [2.45, 2.75) is 26.3 Å². The van der Waals surface area contributed by atoms with Gasteiger partial charge in [0, 0.05) is 5.56 Å². The number of carbonyl (C=O) groups excluding carboxylic acids is 1. The van der Waals surface area contributed by atoms with Gasteiger partial charge in [-0.2, -0.15) is 10.1 Å². The third-order valence-corrected chi connectivity index (χ3v) is 3.76. The standard InChI is InChI=1S/C16H19N7O/c1-3-10-4-6-11(7-5-10)12-8-13(21-20-12)15(24)18-9(2)14-19-16(17)23-22-14/h4-9H,3H2,1-2H3,(H,18,24)(H,20,21)(H3,17,19,22,23)/t9-/m1/s1. The molecule has 0 fully saturated rings. The fourth-order valence-corrected chi connectivity index (χ4v) is 2.32. The van der Waals surface area contributed by atoms with Gasteiger partial charge in [0.05, 0.1) is 11.7 Å². The zero-order chi connectivity index (χ0) is 17.1. The van der Waals surface area contributed by atoms with Crippen molar-refractivity contribution < 1.29 is 4.79 Å². The van der Waals surface area contributed by atoms with Crippen LogP contribution in [0.2, 0.25) is 0 Å². The predicted molar refractivity (Wildman–Crippen MR) is 90.1 cm³/mol. The lowest BCUT2D eigenvalue weighted by molar-refractivity contribution is 0.0933. The molecule has 124 valence electrons. The quantitative estimate of drug-likeness (QED) is 0.569. The van der Waals surface area contributed by atoms with E-state index < -0.39 is 0 Å². The average Bonchev–Trinajstić information content (AvgIpc) is 3.24. The lowest BCUT2D eigenvalue weighted by Crippen LogP contribution is -2.27. The molecule has 5 N–H and O–H groups in total. The summed E-state index contributed by atoms with van der Waals surface area (Å²) in [4.78, 5) is 16.3. The lowest BCUT2D eigenvalue weighted by atomic mass is 10.1. The molecule has 0 bridgehead atoms. The number of nitrogens with one attached hydrogen (secondary N) is 3. The number of hydrogen-bond acceptors (Lipinski definition) is 5. The molecular weight excluding hydrogens is 306 g/mol. The van der Waals surface area contributed by atoms with Crippen LogP contribution in [0.5, 0.6) is 0 Å². The Morgan fingerprint density at radius 2 is 2.00 bits per heavy atom. The number of aromatic nitrogens is 5. The van der Waals surface area contributed by atoms with E-state index in [1.807, 2.05) is 12.1 Å². The van der Waals surface area contributed by atoms with Gasteiger partial charge in [-0.1, -0.05) is 31.2 Å². The maximum Gasteiger partial charge on any atom is 0.269 e. The number of aryl methyl sites for hydroxylation is 1. The molecule has 3 aromatic rings. The van der Waals surface area contributed by atoms with E-state index in [2.05, 4.69) is 49.8 Å². The summed E-state index contributed by atoms with van der Waals surface area (Å²) in [5, 5.41) is 16.2. The van der Waals surface area contributed by atoms with Crippen LogP contribution in [0.3, 0.4) is 0 Å². The second-order valence-electron chi connectivity index (χ2n) is 5.49. The molecular formula is C16H19N7O. The van der Waals surface area contributed by atoms with Crippen LogP contribution in [-0.2, 0) is 6.42 Å². The number of benzene rings is 1. The summed E-state index contributed by atoms with van der Waals surface area (Å²) in [6, 6.07) is 9.48. The van der Waals surface area contributed by atoms with Crippen molar-refractivity contribution in [2.75, 3.05) is 5.73 Å². The number of nitrogens with two attached hydrogens (primary N) is 1. The highest BCUT2D eigenvalue weighted by molar-refractivity contribution is 5.93. The molecule has 0 aliphatic heterocycles. The van der Waals surface area contributed by atoms with E-state index in [0.29, 0.717) is 11.5 Å². The van der Waals surface area contributed by atoms with Crippen molar-refractivity contribution in [1.82, 2.24) is 30.7 Å². The van der Waals surface area contributed by atoms with E-state index in [9.17, 15) is 4.79 Å². The Bertz CT molecular complexity index is 834. The second-order valence-corrected chi connectivity index (χ2v) is 5.49. The van der Waals surface area contributed by atoms with Crippen LogP contribution < -0.4 is 11.1 Å². The van der Waals surface area contributed by atoms with Gasteiger partial charge in [0.15, 0.2) is 0 Å². The highest BCUT2D eigenvalue weighted by atomic mass is 16.2. The Labute approximate surface area is 138 Å². The van der Waals surface area contributed by atoms with Crippen molar-refractivity contribution in [3.63, 3.8) is 0 Å². The first-order chi connectivity index (χ1) is 11.6. The summed E-state index contributed by atoms with van der Waals surface area (Å²) in [5.74, 6) is 0.364. The van der Waals surface area contributed by atoms with Crippen LogP contribution in [0, 0.1) is 0 Å². The third kappa shape index (κ3) is 3.27. The summed E-state index contributed by atoms with van der Waals surface area (Å²) in [7, 11) is 0. The maximum absolute atomic E-state index is 12.3. The highest BCUT2D eigenvalue weighted by Gasteiger charge is 2.16. The van der Waals surface area contributed by atoms with Gasteiger partial charge in [0.25, 0.3) is 5.91 Å². The van der Waals surface area contributed by atoms with Crippen LogP contribution in [0.4, 0.5) is 5.95 Å². The monoisotopic (exact) mass is 325 g/mol. The summed E-state index contributed by atoms with van der Waals surface area (Å²) in [5.41, 5.74) is 8.78. The smallest absolute Gasteiger partial charge is 0.269 e. The molecule has 8 heteroatoms. The van der Waals surface area contributed by atoms with Crippen molar-refractivity contribution >= 4 is 11.9 Å². The van der Waals surface area contributed by atoms with Crippen LogP contribution in [0.25, 0.3) is 11.3 Å².